The van der Waals surface area contributed by atoms with E-state index in [9.17, 15) is 22.8 Å². The average molecular weight is 383 g/mol. The molecule has 0 radical (unpaired) electrons. The minimum absolute atomic E-state index is 0.320. The first-order valence-corrected chi connectivity index (χ1v) is 8.79. The van der Waals surface area contributed by atoms with Crippen molar-refractivity contribution in [1.82, 2.24) is 4.90 Å². The summed E-state index contributed by atoms with van der Waals surface area (Å²) in [6.07, 6.45) is -4.66. The summed E-state index contributed by atoms with van der Waals surface area (Å²) in [6.45, 7) is 0.852. The van der Waals surface area contributed by atoms with Crippen LogP contribution in [0.15, 0.2) is 35.7 Å². The first-order valence-electron chi connectivity index (χ1n) is 7.92. The van der Waals surface area contributed by atoms with Gasteiger partial charge in [-0.25, -0.2) is 0 Å². The SMILES string of the molecule is Cc1ccc(-c2ccsc2C(=O)N2C[C@@H](C(F)(F)F)[C@H](C(=O)O)C2)cc1. The number of carboxylic acids is 1. The van der Waals surface area contributed by atoms with Gasteiger partial charge in [0, 0.05) is 18.7 Å². The molecule has 4 nitrogen and oxygen atoms in total. The second kappa shape index (κ2) is 6.75. The summed E-state index contributed by atoms with van der Waals surface area (Å²) in [5.74, 6) is -5.78. The summed E-state index contributed by atoms with van der Waals surface area (Å²) in [7, 11) is 0. The fourth-order valence-electron chi connectivity index (χ4n) is 3.13. The van der Waals surface area contributed by atoms with Gasteiger partial charge in [0.25, 0.3) is 5.91 Å². The Bertz CT molecular complexity index is 829. The van der Waals surface area contributed by atoms with E-state index in [1.54, 1.807) is 11.4 Å². The van der Waals surface area contributed by atoms with Gasteiger partial charge < -0.3 is 10.0 Å². The zero-order valence-electron chi connectivity index (χ0n) is 13.8. The van der Waals surface area contributed by atoms with Gasteiger partial charge in [-0.2, -0.15) is 13.2 Å². The number of carboxylic acid groups (broad SMARTS) is 1. The molecule has 0 unspecified atom stereocenters. The molecule has 1 aromatic heterocycles. The number of aliphatic carboxylic acids is 1. The van der Waals surface area contributed by atoms with E-state index in [0.717, 1.165) is 27.4 Å². The largest absolute Gasteiger partial charge is 0.481 e. The maximum atomic E-state index is 13.1. The van der Waals surface area contributed by atoms with Crippen LogP contribution in [0.3, 0.4) is 0 Å². The number of hydrogen-bond acceptors (Lipinski definition) is 3. The molecule has 0 aliphatic carbocycles. The highest BCUT2D eigenvalue weighted by atomic mass is 32.1. The monoisotopic (exact) mass is 383 g/mol. The number of rotatable bonds is 3. The molecule has 2 heterocycles. The van der Waals surface area contributed by atoms with Crippen LogP contribution in [0.1, 0.15) is 15.2 Å². The lowest BCUT2D eigenvalue weighted by molar-refractivity contribution is -0.187. The molecule has 1 amide bonds. The van der Waals surface area contributed by atoms with Gasteiger partial charge in [-0.3, -0.25) is 9.59 Å². The normalized spacial score (nSPS) is 20.4. The van der Waals surface area contributed by atoms with Crippen molar-refractivity contribution in [2.45, 2.75) is 13.1 Å². The van der Waals surface area contributed by atoms with Crippen LogP contribution in [0, 0.1) is 18.8 Å². The Morgan fingerprint density at radius 2 is 1.81 bits per heavy atom. The fraction of sp³-hybridized carbons (Fsp3) is 0.333. The lowest BCUT2D eigenvalue weighted by Crippen LogP contribution is -2.34. The van der Waals surface area contributed by atoms with E-state index in [2.05, 4.69) is 0 Å². The van der Waals surface area contributed by atoms with Gasteiger partial charge in [0.15, 0.2) is 0 Å². The van der Waals surface area contributed by atoms with E-state index < -0.39 is 43.0 Å². The number of alkyl halides is 3. The molecule has 8 heteroatoms. The van der Waals surface area contributed by atoms with Crippen LogP contribution < -0.4 is 0 Å². The third kappa shape index (κ3) is 3.46. The van der Waals surface area contributed by atoms with Crippen molar-refractivity contribution in [3.63, 3.8) is 0 Å². The van der Waals surface area contributed by atoms with Crippen LogP contribution in [-0.2, 0) is 4.79 Å². The molecule has 2 atom stereocenters. The third-order valence-corrected chi connectivity index (χ3v) is 5.47. The molecule has 138 valence electrons. The van der Waals surface area contributed by atoms with Crippen molar-refractivity contribution in [1.29, 1.82) is 0 Å². The van der Waals surface area contributed by atoms with E-state index in [0.29, 0.717) is 10.4 Å². The number of nitrogens with zero attached hydrogens (tertiary/aromatic N) is 1. The topological polar surface area (TPSA) is 57.6 Å². The number of hydrogen-bond donors (Lipinski definition) is 1. The van der Waals surface area contributed by atoms with Crippen LogP contribution in [-0.4, -0.2) is 41.1 Å². The van der Waals surface area contributed by atoms with Crippen molar-refractivity contribution >= 4 is 23.2 Å². The van der Waals surface area contributed by atoms with Crippen LogP contribution in [0.2, 0.25) is 0 Å². The highest BCUT2D eigenvalue weighted by Gasteiger charge is 2.53. The second-order valence-corrected chi connectivity index (χ2v) is 7.25. The molecule has 0 saturated carbocycles. The lowest BCUT2D eigenvalue weighted by Gasteiger charge is -2.18. The second-order valence-electron chi connectivity index (χ2n) is 6.33. The number of amides is 1. The first kappa shape index (κ1) is 18.4. The molecule has 1 aliphatic heterocycles. The zero-order chi connectivity index (χ0) is 19.1. The van der Waals surface area contributed by atoms with E-state index >= 15 is 0 Å². The van der Waals surface area contributed by atoms with E-state index in [1.165, 1.54) is 0 Å². The molecular weight excluding hydrogens is 367 g/mol. The molecule has 0 bridgehead atoms. The summed E-state index contributed by atoms with van der Waals surface area (Å²) < 4.78 is 39.4. The maximum absolute atomic E-state index is 13.1. The summed E-state index contributed by atoms with van der Waals surface area (Å²) in [4.78, 5) is 25.3. The molecule has 1 saturated heterocycles. The van der Waals surface area contributed by atoms with Crippen molar-refractivity contribution < 1.29 is 27.9 Å². The number of carbonyl (C=O) groups is 2. The summed E-state index contributed by atoms with van der Waals surface area (Å²) in [5.41, 5.74) is 2.48. The Morgan fingerprint density at radius 1 is 1.15 bits per heavy atom. The molecular formula is C18H16F3NO3S. The molecule has 3 rings (SSSR count). The van der Waals surface area contributed by atoms with Gasteiger partial charge in [-0.15, -0.1) is 11.3 Å². The summed E-state index contributed by atoms with van der Waals surface area (Å²) in [5, 5.41) is 10.8. The van der Waals surface area contributed by atoms with Crippen molar-refractivity contribution in [2.75, 3.05) is 13.1 Å². The van der Waals surface area contributed by atoms with Gasteiger partial charge in [0.2, 0.25) is 0 Å². The van der Waals surface area contributed by atoms with Gasteiger partial charge in [0.05, 0.1) is 16.7 Å². The highest BCUT2D eigenvalue weighted by molar-refractivity contribution is 7.12. The number of carbonyl (C=O) groups excluding carboxylic acids is 1. The van der Waals surface area contributed by atoms with E-state index in [4.69, 9.17) is 5.11 Å². The quantitative estimate of drug-likeness (QED) is 0.870. The minimum Gasteiger partial charge on any atom is -0.481 e. The van der Waals surface area contributed by atoms with Gasteiger partial charge >= 0.3 is 12.1 Å². The molecule has 0 spiro atoms. The maximum Gasteiger partial charge on any atom is 0.394 e. The van der Waals surface area contributed by atoms with E-state index in [1.807, 2.05) is 31.2 Å². The third-order valence-electron chi connectivity index (χ3n) is 4.57. The average Bonchev–Trinajstić information content (AvgIpc) is 3.22. The van der Waals surface area contributed by atoms with Gasteiger partial charge in [-0.05, 0) is 23.9 Å². The number of thiophene rings is 1. The van der Waals surface area contributed by atoms with Crippen LogP contribution in [0.25, 0.3) is 11.1 Å². The summed E-state index contributed by atoms with van der Waals surface area (Å²) >= 11 is 1.14. The Labute approximate surface area is 151 Å². The predicted molar refractivity (Wildman–Crippen MR) is 91.1 cm³/mol. The van der Waals surface area contributed by atoms with Crippen LogP contribution >= 0.6 is 11.3 Å². The molecule has 26 heavy (non-hydrogen) atoms. The van der Waals surface area contributed by atoms with Crippen LogP contribution in [0.5, 0.6) is 0 Å². The lowest BCUT2D eigenvalue weighted by atomic mass is 9.96. The number of halogens is 3. The molecule has 1 aliphatic rings. The number of benzene rings is 1. The van der Waals surface area contributed by atoms with E-state index in [-0.39, 0.29) is 0 Å². The molecule has 2 aromatic rings. The van der Waals surface area contributed by atoms with Gasteiger partial charge in [0.1, 0.15) is 0 Å². The van der Waals surface area contributed by atoms with Crippen molar-refractivity contribution in [3.05, 3.63) is 46.2 Å². The fourth-order valence-corrected chi connectivity index (χ4v) is 4.01. The number of aryl methyl sites for hydroxylation is 1. The molecule has 1 fully saturated rings. The first-order chi connectivity index (χ1) is 12.2. The molecule has 1 N–H and O–H groups in total. The Balaban J connectivity index is 1.88. The predicted octanol–water partition coefficient (Wildman–Crippen LogP) is 4.06. The standard InChI is InChI=1S/C18H16F3NO3S/c1-10-2-4-11(5-3-10)12-6-7-26-15(12)16(23)22-8-13(17(24)25)14(9-22)18(19,20)21/h2-7,13-14H,8-9H2,1H3,(H,24,25)/t13-,14-/m1/s1. The minimum atomic E-state index is -4.66. The Hall–Kier alpha value is -2.35. The van der Waals surface area contributed by atoms with Crippen molar-refractivity contribution in [3.8, 4) is 11.1 Å². The van der Waals surface area contributed by atoms with Gasteiger partial charge in [-0.1, -0.05) is 29.8 Å². The van der Waals surface area contributed by atoms with Crippen molar-refractivity contribution in [2.24, 2.45) is 11.8 Å². The smallest absolute Gasteiger partial charge is 0.394 e. The molecule has 1 aromatic carbocycles. The highest BCUT2D eigenvalue weighted by Crippen LogP contribution is 2.39. The Morgan fingerprint density at radius 3 is 2.35 bits per heavy atom. The zero-order valence-corrected chi connectivity index (χ0v) is 14.6. The summed E-state index contributed by atoms with van der Waals surface area (Å²) in [6, 6.07) is 9.20. The number of likely N-dealkylation sites (tertiary alicyclic amines) is 1. The van der Waals surface area contributed by atoms with Crippen LogP contribution in [0.4, 0.5) is 13.2 Å². The Kier molecular flexibility index (Phi) is 4.79.